The summed E-state index contributed by atoms with van der Waals surface area (Å²) < 4.78 is 15.8. The highest BCUT2D eigenvalue weighted by Crippen LogP contribution is 2.22. The lowest BCUT2D eigenvalue weighted by molar-refractivity contribution is -0.134. The van der Waals surface area contributed by atoms with Gasteiger partial charge in [0.05, 0.1) is 57.8 Å². The zero-order chi connectivity index (χ0) is 34.6. The Bertz CT molecular complexity index is 876. The number of carbonyl (C=O) groups excluding carboxylic acids is 5. The van der Waals surface area contributed by atoms with Gasteiger partial charge in [-0.25, -0.2) is 0 Å². The van der Waals surface area contributed by atoms with Crippen molar-refractivity contribution < 1.29 is 43.3 Å². The molecule has 0 bridgehead atoms. The standard InChI is InChI=1S/C30H57N5O9S2/c1-24(2)45-22-27(39)31-9-13-35(14-10-32-28(40)23-46-30(3,4)5)29(41)7-6-25(37)33-12-18-44-21-20-42-16-8-26(38)34-11-17-43-19-15-36/h24,36H,6-23H2,1-5H3,(H,31,39)(H,32,40)(H,33,37)(H,34,38). The molecule has 0 aliphatic heterocycles. The molecule has 0 aliphatic rings. The van der Waals surface area contributed by atoms with Gasteiger partial charge in [0.1, 0.15) is 0 Å². The van der Waals surface area contributed by atoms with Gasteiger partial charge in [0.25, 0.3) is 0 Å². The Morgan fingerprint density at radius 2 is 1.15 bits per heavy atom. The number of hydrogen-bond acceptors (Lipinski definition) is 11. The van der Waals surface area contributed by atoms with Crippen LogP contribution in [-0.4, -0.2) is 147 Å². The normalized spacial score (nSPS) is 11.3. The van der Waals surface area contributed by atoms with E-state index >= 15 is 0 Å². The minimum absolute atomic E-state index is 0.0000375. The van der Waals surface area contributed by atoms with E-state index in [1.54, 1.807) is 4.90 Å². The molecule has 0 heterocycles. The lowest BCUT2D eigenvalue weighted by atomic mass is 10.2. The Morgan fingerprint density at radius 1 is 0.652 bits per heavy atom. The smallest absolute Gasteiger partial charge is 0.230 e. The number of aliphatic hydroxyl groups is 1. The summed E-state index contributed by atoms with van der Waals surface area (Å²) in [5.41, 5.74) is 0. The zero-order valence-electron chi connectivity index (χ0n) is 28.3. The summed E-state index contributed by atoms with van der Waals surface area (Å²) in [6, 6.07) is 0. The van der Waals surface area contributed by atoms with E-state index in [0.717, 1.165) is 0 Å². The van der Waals surface area contributed by atoms with Crippen molar-refractivity contribution in [2.45, 2.75) is 63.9 Å². The van der Waals surface area contributed by atoms with Gasteiger partial charge in [-0.05, 0) is 5.25 Å². The summed E-state index contributed by atoms with van der Waals surface area (Å²) in [4.78, 5) is 62.7. The van der Waals surface area contributed by atoms with Crippen LogP contribution in [0.15, 0.2) is 0 Å². The van der Waals surface area contributed by atoms with Gasteiger partial charge in [-0.2, -0.15) is 0 Å². The first-order valence-corrected chi connectivity index (χ1v) is 17.8. The Balaban J connectivity index is 4.28. The van der Waals surface area contributed by atoms with Gasteiger partial charge < -0.3 is 45.5 Å². The van der Waals surface area contributed by atoms with Crippen LogP contribution in [0.1, 0.15) is 53.9 Å². The fourth-order valence-corrected chi connectivity index (χ4v) is 4.64. The second kappa shape index (κ2) is 28.0. The first-order chi connectivity index (χ1) is 21.8. The molecule has 0 atom stereocenters. The zero-order valence-corrected chi connectivity index (χ0v) is 29.9. The van der Waals surface area contributed by atoms with Crippen LogP contribution in [0, 0.1) is 0 Å². The first kappa shape index (κ1) is 43.9. The van der Waals surface area contributed by atoms with Crippen molar-refractivity contribution in [1.29, 1.82) is 0 Å². The van der Waals surface area contributed by atoms with Gasteiger partial charge in [-0.3, -0.25) is 24.0 Å². The second-order valence-electron chi connectivity index (χ2n) is 11.4. The van der Waals surface area contributed by atoms with Gasteiger partial charge in [-0.15, -0.1) is 23.5 Å². The number of thioether (sulfide) groups is 2. The van der Waals surface area contributed by atoms with Crippen molar-refractivity contribution >= 4 is 53.1 Å². The Kier molecular flexibility index (Phi) is 26.7. The predicted octanol–water partition coefficient (Wildman–Crippen LogP) is 0.166. The number of aliphatic hydroxyl groups excluding tert-OH is 1. The highest BCUT2D eigenvalue weighted by atomic mass is 32.2. The minimum Gasteiger partial charge on any atom is -0.394 e. The van der Waals surface area contributed by atoms with Crippen molar-refractivity contribution in [2.75, 3.05) is 97.0 Å². The summed E-state index contributed by atoms with van der Waals surface area (Å²) >= 11 is 3.07. The van der Waals surface area contributed by atoms with Crippen LogP contribution in [0.25, 0.3) is 0 Å². The molecule has 0 radical (unpaired) electrons. The molecule has 0 aromatic rings. The minimum atomic E-state index is -0.285. The van der Waals surface area contributed by atoms with Crippen molar-refractivity contribution in [3.05, 3.63) is 0 Å². The molecule has 0 saturated heterocycles. The molecule has 14 nitrogen and oxygen atoms in total. The Labute approximate surface area is 282 Å². The molecule has 0 spiro atoms. The van der Waals surface area contributed by atoms with Gasteiger partial charge in [-0.1, -0.05) is 34.6 Å². The number of carbonyl (C=O) groups is 5. The fourth-order valence-electron chi connectivity index (χ4n) is 3.38. The number of rotatable bonds is 28. The molecular weight excluding hydrogens is 638 g/mol. The third kappa shape index (κ3) is 29.3. The molecule has 0 aliphatic carbocycles. The van der Waals surface area contributed by atoms with Crippen LogP contribution in [-0.2, 0) is 38.2 Å². The molecule has 0 unspecified atom stereocenters. The molecule has 0 aromatic carbocycles. The number of ether oxygens (including phenoxy) is 3. The van der Waals surface area contributed by atoms with Crippen LogP contribution in [0.5, 0.6) is 0 Å². The Morgan fingerprint density at radius 3 is 1.70 bits per heavy atom. The summed E-state index contributed by atoms with van der Waals surface area (Å²) in [6.45, 7) is 13.5. The lowest BCUT2D eigenvalue weighted by Gasteiger charge is -2.23. The summed E-state index contributed by atoms with van der Waals surface area (Å²) in [5.74, 6) is -0.233. The third-order valence-corrected chi connectivity index (χ3v) is 8.10. The maximum Gasteiger partial charge on any atom is 0.230 e. The second-order valence-corrected chi connectivity index (χ2v) is 14.7. The van der Waals surface area contributed by atoms with Crippen LogP contribution in [0.4, 0.5) is 0 Å². The largest absolute Gasteiger partial charge is 0.394 e. The van der Waals surface area contributed by atoms with Gasteiger partial charge >= 0.3 is 0 Å². The van der Waals surface area contributed by atoms with Crippen molar-refractivity contribution in [2.24, 2.45) is 0 Å². The van der Waals surface area contributed by atoms with E-state index in [2.05, 4.69) is 21.3 Å². The van der Waals surface area contributed by atoms with Crippen molar-refractivity contribution in [3.63, 3.8) is 0 Å². The van der Waals surface area contributed by atoms with E-state index in [9.17, 15) is 24.0 Å². The number of amides is 5. The van der Waals surface area contributed by atoms with E-state index in [1.165, 1.54) is 23.5 Å². The number of nitrogens with zero attached hydrogens (tertiary/aromatic N) is 1. The molecule has 5 N–H and O–H groups in total. The fraction of sp³-hybridized carbons (Fsp3) is 0.833. The highest BCUT2D eigenvalue weighted by molar-refractivity contribution is 8.01. The van der Waals surface area contributed by atoms with Crippen LogP contribution >= 0.6 is 23.5 Å². The molecule has 46 heavy (non-hydrogen) atoms. The third-order valence-electron chi connectivity index (χ3n) is 5.73. The van der Waals surface area contributed by atoms with E-state index in [4.69, 9.17) is 19.3 Å². The van der Waals surface area contributed by atoms with E-state index in [1.807, 2.05) is 34.6 Å². The van der Waals surface area contributed by atoms with Crippen LogP contribution in [0.2, 0.25) is 0 Å². The lowest BCUT2D eigenvalue weighted by Crippen LogP contribution is -2.43. The van der Waals surface area contributed by atoms with Gasteiger partial charge in [0.2, 0.25) is 29.5 Å². The highest BCUT2D eigenvalue weighted by Gasteiger charge is 2.17. The SMILES string of the molecule is CC(C)SCC(=O)NCCN(CCNC(=O)CSC(C)(C)C)C(=O)CCC(=O)NCCOCCOCCC(=O)NCCOCCO. The Hall–Kier alpha value is -2.11. The van der Waals surface area contributed by atoms with Gasteiger partial charge in [0, 0.05) is 63.3 Å². The van der Waals surface area contributed by atoms with E-state index < -0.39 is 0 Å². The average Bonchev–Trinajstić information content (AvgIpc) is 2.99. The quantitative estimate of drug-likeness (QED) is 0.0703. The maximum atomic E-state index is 12.9. The monoisotopic (exact) mass is 695 g/mol. The van der Waals surface area contributed by atoms with E-state index in [0.29, 0.717) is 43.1 Å². The molecule has 0 rings (SSSR count). The maximum absolute atomic E-state index is 12.9. The molecular formula is C30H57N5O9S2. The molecule has 0 saturated carbocycles. The number of nitrogens with one attached hydrogen (secondary N) is 4. The molecule has 5 amide bonds. The summed E-state index contributed by atoms with van der Waals surface area (Å²) in [7, 11) is 0. The molecule has 0 fully saturated rings. The van der Waals surface area contributed by atoms with Crippen molar-refractivity contribution in [1.82, 2.24) is 26.2 Å². The van der Waals surface area contributed by atoms with Crippen LogP contribution < -0.4 is 21.3 Å². The first-order valence-electron chi connectivity index (χ1n) is 15.8. The molecule has 268 valence electrons. The van der Waals surface area contributed by atoms with Crippen LogP contribution in [0.3, 0.4) is 0 Å². The molecule has 0 aromatic heterocycles. The van der Waals surface area contributed by atoms with Gasteiger partial charge in [0.15, 0.2) is 0 Å². The molecule has 16 heteroatoms. The van der Waals surface area contributed by atoms with Crippen molar-refractivity contribution in [3.8, 4) is 0 Å². The van der Waals surface area contributed by atoms with E-state index in [-0.39, 0.29) is 113 Å². The number of hydrogen-bond donors (Lipinski definition) is 5. The topological polar surface area (TPSA) is 185 Å². The summed E-state index contributed by atoms with van der Waals surface area (Å²) in [6.07, 6.45) is 0.207. The summed E-state index contributed by atoms with van der Waals surface area (Å²) in [5, 5.41) is 20.0. The average molecular weight is 696 g/mol. The predicted molar refractivity (Wildman–Crippen MR) is 182 cm³/mol.